The van der Waals surface area contributed by atoms with Crippen molar-refractivity contribution in [3.8, 4) is 0 Å². The second-order valence-electron chi connectivity index (χ2n) is 11.5. The Balaban J connectivity index is 0.000000644. The Bertz CT molecular complexity index is 1730. The number of amides is 3. The molecule has 9 nitrogen and oxygen atoms in total. The van der Waals surface area contributed by atoms with Gasteiger partial charge in [-0.25, -0.2) is 9.59 Å². The number of hydrogen-bond acceptors (Lipinski definition) is 4. The largest absolute Gasteiger partial charge is 0.490 e. The number of halogens is 5. The molecular formula is C33H34Cl2F3N5O4. The summed E-state index contributed by atoms with van der Waals surface area (Å²) < 4.78 is 31.7. The number of carbonyl (C=O) groups is 3. The summed E-state index contributed by atoms with van der Waals surface area (Å²) in [7, 11) is 4.06. The van der Waals surface area contributed by atoms with Crippen LogP contribution < -0.4 is 15.5 Å². The number of alkyl halides is 3. The van der Waals surface area contributed by atoms with Crippen molar-refractivity contribution in [1.82, 2.24) is 15.2 Å². The third-order valence-corrected chi connectivity index (χ3v) is 8.17. The van der Waals surface area contributed by atoms with Gasteiger partial charge in [0, 0.05) is 57.5 Å². The summed E-state index contributed by atoms with van der Waals surface area (Å²) in [5.41, 5.74) is 4.38. The van der Waals surface area contributed by atoms with E-state index in [1.807, 2.05) is 74.6 Å². The molecule has 250 valence electrons. The number of aromatic nitrogens is 1. The fraction of sp³-hybridized carbons (Fsp3) is 0.303. The summed E-state index contributed by atoms with van der Waals surface area (Å²) in [5.74, 6) is -3.04. The highest BCUT2D eigenvalue weighted by molar-refractivity contribution is 6.31. The Labute approximate surface area is 279 Å². The number of hydrogen-bond donors (Lipinski definition) is 4. The average molecular weight is 693 g/mol. The maximum absolute atomic E-state index is 14.5. The zero-order chi connectivity index (χ0) is 34.5. The van der Waals surface area contributed by atoms with Crippen molar-refractivity contribution < 1.29 is 32.7 Å². The van der Waals surface area contributed by atoms with Crippen LogP contribution in [0.25, 0.3) is 10.9 Å². The highest BCUT2D eigenvalue weighted by Crippen LogP contribution is 2.35. The van der Waals surface area contributed by atoms with Crippen molar-refractivity contribution >= 4 is 63.4 Å². The van der Waals surface area contributed by atoms with Crippen molar-refractivity contribution in [2.45, 2.75) is 31.5 Å². The van der Waals surface area contributed by atoms with Crippen molar-refractivity contribution in [3.63, 3.8) is 0 Å². The van der Waals surface area contributed by atoms with E-state index < -0.39 is 24.2 Å². The van der Waals surface area contributed by atoms with Gasteiger partial charge in [-0.1, -0.05) is 48.3 Å². The van der Waals surface area contributed by atoms with Gasteiger partial charge in [0.05, 0.1) is 0 Å². The number of H-pyrrole nitrogens is 1. The van der Waals surface area contributed by atoms with E-state index >= 15 is 0 Å². The molecule has 1 aliphatic rings. The Morgan fingerprint density at radius 1 is 1.04 bits per heavy atom. The number of aromatic amines is 1. The smallest absolute Gasteiger partial charge is 0.475 e. The second-order valence-corrected chi connectivity index (χ2v) is 12.4. The minimum absolute atomic E-state index is 0.170. The van der Waals surface area contributed by atoms with Gasteiger partial charge >= 0.3 is 18.2 Å². The van der Waals surface area contributed by atoms with Gasteiger partial charge in [0.25, 0.3) is 0 Å². The monoisotopic (exact) mass is 691 g/mol. The van der Waals surface area contributed by atoms with Gasteiger partial charge < -0.3 is 30.5 Å². The van der Waals surface area contributed by atoms with Gasteiger partial charge in [0.1, 0.15) is 6.04 Å². The van der Waals surface area contributed by atoms with Gasteiger partial charge in [0.2, 0.25) is 5.91 Å². The predicted molar refractivity (Wildman–Crippen MR) is 177 cm³/mol. The topological polar surface area (TPSA) is 118 Å². The number of para-hydroxylation sites is 1. The maximum Gasteiger partial charge on any atom is 0.490 e. The van der Waals surface area contributed by atoms with Crippen LogP contribution in [0.4, 0.5) is 29.3 Å². The highest BCUT2D eigenvalue weighted by Gasteiger charge is 2.39. The first-order valence-corrected chi connectivity index (χ1v) is 15.3. The van der Waals surface area contributed by atoms with Gasteiger partial charge in [-0.3, -0.25) is 4.79 Å². The standard InChI is InChI=1S/C31H33Cl2N5O2.C2HF3O2/c1-19(26-16-34-27-7-5-4-6-25(26)27)29(36-31(40)35-24-11-8-22(32)9-12-24)30(39)38-18-20(17-37(2)3)14-21-15-23(33)10-13-28(21)38;3-2(4,5)1(6)7/h4-13,15-16,19-20,29,34H,14,17-18H2,1-3H3,(H2,35,36,40);(H,6,7)/t19?,20-,29?;/m1./s1. The van der Waals surface area contributed by atoms with Crippen LogP contribution in [-0.4, -0.2) is 72.3 Å². The lowest BCUT2D eigenvalue weighted by Crippen LogP contribution is -2.54. The summed E-state index contributed by atoms with van der Waals surface area (Å²) in [4.78, 5) is 43.9. The first-order valence-electron chi connectivity index (χ1n) is 14.6. The fourth-order valence-electron chi connectivity index (χ4n) is 5.62. The predicted octanol–water partition coefficient (Wildman–Crippen LogP) is 7.17. The zero-order valence-electron chi connectivity index (χ0n) is 25.7. The molecule has 0 fully saturated rings. The SMILES string of the molecule is CC(c1c[nH]c2ccccc12)C(NC(=O)Nc1ccc(Cl)cc1)C(=O)N1C[C@@H](CN(C)C)Cc2cc(Cl)ccc21.O=C(O)C(F)(F)F. The van der Waals surface area contributed by atoms with Crippen LogP contribution in [0.15, 0.2) is 72.9 Å². The minimum atomic E-state index is -5.08. The number of carboxylic acid groups (broad SMARTS) is 1. The van der Waals surface area contributed by atoms with Crippen LogP contribution in [0.2, 0.25) is 10.0 Å². The number of nitrogens with one attached hydrogen (secondary N) is 3. The maximum atomic E-state index is 14.5. The lowest BCUT2D eigenvalue weighted by Gasteiger charge is -2.38. The third-order valence-electron chi connectivity index (χ3n) is 7.68. The highest BCUT2D eigenvalue weighted by atomic mass is 35.5. The quantitative estimate of drug-likeness (QED) is 0.164. The molecule has 4 N–H and O–H groups in total. The summed E-state index contributed by atoms with van der Waals surface area (Å²) in [6.45, 7) is 3.34. The number of benzene rings is 3. The molecule has 0 spiro atoms. The second kappa shape index (κ2) is 15.1. The summed E-state index contributed by atoms with van der Waals surface area (Å²) >= 11 is 12.4. The molecule has 0 bridgehead atoms. The normalized spacial score (nSPS) is 15.7. The van der Waals surface area contributed by atoms with E-state index in [0.717, 1.165) is 40.7 Å². The Hall–Kier alpha value is -4.26. The molecule has 0 saturated heterocycles. The Morgan fingerprint density at radius 2 is 1.68 bits per heavy atom. The molecule has 2 unspecified atom stereocenters. The Kier molecular flexibility index (Phi) is 11.4. The number of nitrogens with zero attached hydrogens (tertiary/aromatic N) is 2. The number of carbonyl (C=O) groups excluding carboxylic acids is 2. The van der Waals surface area contributed by atoms with Crippen LogP contribution in [0.1, 0.15) is 24.0 Å². The molecule has 0 radical (unpaired) electrons. The molecule has 3 amide bonds. The molecule has 1 aliphatic heterocycles. The van der Waals surface area contributed by atoms with E-state index in [4.69, 9.17) is 33.1 Å². The van der Waals surface area contributed by atoms with Crippen molar-refractivity contribution in [3.05, 3.63) is 94.1 Å². The van der Waals surface area contributed by atoms with E-state index in [9.17, 15) is 22.8 Å². The average Bonchev–Trinajstić information content (AvgIpc) is 3.43. The van der Waals surface area contributed by atoms with Crippen LogP contribution >= 0.6 is 23.2 Å². The van der Waals surface area contributed by atoms with Crippen LogP contribution in [-0.2, 0) is 16.0 Å². The lowest BCUT2D eigenvalue weighted by atomic mass is 9.88. The molecule has 2 heterocycles. The number of rotatable bonds is 7. The molecule has 3 atom stereocenters. The minimum Gasteiger partial charge on any atom is -0.475 e. The van der Waals surface area contributed by atoms with E-state index in [1.165, 1.54) is 0 Å². The van der Waals surface area contributed by atoms with Crippen LogP contribution in [0, 0.1) is 5.92 Å². The van der Waals surface area contributed by atoms with E-state index in [0.29, 0.717) is 22.3 Å². The number of fused-ring (bicyclic) bond motifs is 2. The molecular weight excluding hydrogens is 658 g/mol. The fourth-order valence-corrected chi connectivity index (χ4v) is 5.94. The third kappa shape index (κ3) is 9.18. The number of urea groups is 1. The van der Waals surface area contributed by atoms with E-state index in [-0.39, 0.29) is 17.7 Å². The molecule has 5 rings (SSSR count). The summed E-state index contributed by atoms with van der Waals surface area (Å²) in [5, 5.41) is 15.2. The van der Waals surface area contributed by atoms with Crippen molar-refractivity contribution in [1.29, 1.82) is 0 Å². The number of carboxylic acids is 1. The van der Waals surface area contributed by atoms with Gasteiger partial charge in [-0.05, 0) is 86.1 Å². The molecule has 3 aromatic carbocycles. The molecule has 4 aromatic rings. The summed E-state index contributed by atoms with van der Waals surface area (Å²) in [6.07, 6.45) is -2.34. The molecule has 0 aliphatic carbocycles. The van der Waals surface area contributed by atoms with Crippen molar-refractivity contribution in [2.24, 2.45) is 5.92 Å². The first-order chi connectivity index (χ1) is 22.1. The van der Waals surface area contributed by atoms with Gasteiger partial charge in [-0.2, -0.15) is 13.2 Å². The summed E-state index contributed by atoms with van der Waals surface area (Å²) in [6, 6.07) is 19.2. The van der Waals surface area contributed by atoms with Crippen molar-refractivity contribution in [2.75, 3.05) is 37.4 Å². The van der Waals surface area contributed by atoms with E-state index in [2.05, 4.69) is 20.5 Å². The van der Waals surface area contributed by atoms with Crippen LogP contribution in [0.3, 0.4) is 0 Å². The van der Waals surface area contributed by atoms with E-state index in [1.54, 1.807) is 24.3 Å². The number of aliphatic carboxylic acids is 1. The lowest BCUT2D eigenvalue weighted by molar-refractivity contribution is -0.192. The molecule has 0 saturated carbocycles. The van der Waals surface area contributed by atoms with Gasteiger partial charge in [0.15, 0.2) is 0 Å². The molecule has 47 heavy (non-hydrogen) atoms. The number of anilines is 2. The molecule has 1 aromatic heterocycles. The molecule has 14 heteroatoms. The zero-order valence-corrected chi connectivity index (χ0v) is 27.2. The first kappa shape index (κ1) is 35.6. The van der Waals surface area contributed by atoms with Gasteiger partial charge in [-0.15, -0.1) is 0 Å². The Morgan fingerprint density at radius 3 is 2.32 bits per heavy atom. The van der Waals surface area contributed by atoms with Crippen LogP contribution in [0.5, 0.6) is 0 Å².